The second-order valence-corrected chi connectivity index (χ2v) is 28.7. The zero-order valence-corrected chi connectivity index (χ0v) is 57.0. The number of anilines is 2. The van der Waals surface area contributed by atoms with Crippen LogP contribution in [0.1, 0.15) is 140 Å². The summed E-state index contributed by atoms with van der Waals surface area (Å²) in [5.41, 5.74) is 17.1. The second-order valence-electron chi connectivity index (χ2n) is 24.8. The summed E-state index contributed by atoms with van der Waals surface area (Å²) in [6, 6.07) is 0. The minimum atomic E-state index is -5.06. The van der Waals surface area contributed by atoms with Gasteiger partial charge < -0.3 is 74.8 Å². The molecule has 0 saturated carbocycles. The lowest BCUT2D eigenvalue weighted by atomic mass is 9.83. The topological polar surface area (TPSA) is 371 Å². The number of aromatic nitrogens is 8. The number of nitrogens with one attached hydrogen (secondary N) is 2. The SMILES string of the molecule is COP(=O)(OC[C@H]1O[C@@H](n2cnc3c(=S)[nH]c(N)nc32)CC1O)OC1C(O)[C@H](n2cnc3c(=S)[nH]c(N)nc32)O[C@@H]1COP(=O)(O)O[C@H](CO)COCCOCCOCCOc1c(C)c(C)c2c(c1C)CC[C@@](C)(CCC[C@H](C)CCC[C@H](C)CCCC(C)C)O2. The summed E-state index contributed by atoms with van der Waals surface area (Å²) in [5, 5.41) is 32.9. The maximum atomic E-state index is 14.2. The third-order valence-electron chi connectivity index (χ3n) is 17.1. The van der Waals surface area contributed by atoms with E-state index in [0.29, 0.717) is 31.0 Å². The van der Waals surface area contributed by atoms with Gasteiger partial charge in [-0.1, -0.05) is 97.1 Å². The number of nitrogens with zero attached hydrogens (tertiary/aromatic N) is 6. The number of nitrogen functional groups attached to an aromatic ring is 2. The van der Waals surface area contributed by atoms with Crippen molar-refractivity contribution in [2.24, 2.45) is 17.8 Å². The van der Waals surface area contributed by atoms with Crippen LogP contribution in [-0.4, -0.2) is 175 Å². The number of H-pyrrole nitrogens is 2. The van der Waals surface area contributed by atoms with Crippen LogP contribution in [0, 0.1) is 47.8 Å². The summed E-state index contributed by atoms with van der Waals surface area (Å²) in [4.78, 5) is 33.4. The Labute approximate surface area is 541 Å². The highest BCUT2D eigenvalue weighted by molar-refractivity contribution is 7.71. The molecule has 3 aliphatic rings. The van der Waals surface area contributed by atoms with Crippen LogP contribution in [0.5, 0.6) is 11.5 Å². The molecule has 8 rings (SSSR count). The number of phosphoric ester groups is 2. The van der Waals surface area contributed by atoms with Crippen LogP contribution >= 0.6 is 40.1 Å². The first-order chi connectivity index (χ1) is 43.3. The van der Waals surface area contributed by atoms with Gasteiger partial charge in [-0.2, -0.15) is 9.97 Å². The number of phosphoric acid groups is 2. The number of benzene rings is 1. The van der Waals surface area contributed by atoms with Crippen molar-refractivity contribution in [3.05, 3.63) is 44.2 Å². The maximum absolute atomic E-state index is 14.2. The number of aliphatic hydroxyl groups excluding tert-OH is 3. The normalized spacial score (nSPS) is 24.2. The number of fused-ring (bicyclic) bond motifs is 3. The Kier molecular flexibility index (Phi) is 26.4. The van der Waals surface area contributed by atoms with Crippen molar-refractivity contribution < 1.29 is 85.1 Å². The fraction of sp³-hybridized carbons (Fsp3) is 0.729. The summed E-state index contributed by atoms with van der Waals surface area (Å²) in [7, 11) is -8.77. The van der Waals surface area contributed by atoms with Gasteiger partial charge >= 0.3 is 15.6 Å². The average Bonchev–Trinajstić information content (AvgIpc) is 1.79. The smallest absolute Gasteiger partial charge is 0.475 e. The van der Waals surface area contributed by atoms with Crippen molar-refractivity contribution in [2.75, 3.05) is 84.6 Å². The van der Waals surface area contributed by atoms with Crippen molar-refractivity contribution in [1.29, 1.82) is 0 Å². The third kappa shape index (κ3) is 19.3. The molecule has 7 heterocycles. The van der Waals surface area contributed by atoms with Gasteiger partial charge in [0, 0.05) is 19.1 Å². The Balaban J connectivity index is 0.749. The van der Waals surface area contributed by atoms with Crippen molar-refractivity contribution in [3.63, 3.8) is 0 Å². The lowest BCUT2D eigenvalue weighted by molar-refractivity contribution is -0.0607. The molecule has 91 heavy (non-hydrogen) atoms. The van der Waals surface area contributed by atoms with Crippen LogP contribution in [0.2, 0.25) is 0 Å². The van der Waals surface area contributed by atoms with Gasteiger partial charge in [0.15, 0.2) is 17.5 Å². The molecule has 2 fully saturated rings. The van der Waals surface area contributed by atoms with Gasteiger partial charge in [-0.05, 0) is 87.8 Å². The maximum Gasteiger partial charge on any atom is 0.475 e. The molecular weight excluding hydrogens is 1260 g/mol. The van der Waals surface area contributed by atoms with E-state index in [1.807, 2.05) is 0 Å². The van der Waals surface area contributed by atoms with E-state index in [0.717, 1.165) is 78.7 Å². The van der Waals surface area contributed by atoms with Crippen LogP contribution in [-0.2, 0) is 61.9 Å². The summed E-state index contributed by atoms with van der Waals surface area (Å²) in [5.74, 6) is 4.17. The third-order valence-corrected chi connectivity index (χ3v) is 20.2. The number of imidazole rings is 2. The van der Waals surface area contributed by atoms with Crippen molar-refractivity contribution in [3.8, 4) is 11.5 Å². The first kappa shape index (κ1) is 72.7. The summed E-state index contributed by atoms with van der Waals surface area (Å²) in [6.45, 7) is 17.0. The van der Waals surface area contributed by atoms with E-state index in [1.165, 1.54) is 72.3 Å². The first-order valence-corrected chi connectivity index (χ1v) is 35.1. The Hall–Kier alpha value is -4.14. The molecule has 0 bridgehead atoms. The quantitative estimate of drug-likeness (QED) is 0.0104. The Morgan fingerprint density at radius 3 is 1.99 bits per heavy atom. The number of hydrogen-bond acceptors (Lipinski definition) is 25. The number of hydrogen-bond donors (Lipinski definition) is 8. The molecule has 28 nitrogen and oxygen atoms in total. The number of aliphatic hydroxyl groups is 3. The fourth-order valence-corrected chi connectivity index (χ4v) is 14.3. The molecule has 10 N–H and O–H groups in total. The van der Waals surface area contributed by atoms with Gasteiger partial charge in [-0.25, -0.2) is 19.1 Å². The van der Waals surface area contributed by atoms with Crippen molar-refractivity contribution in [1.82, 2.24) is 39.0 Å². The average molecular weight is 1360 g/mol. The molecule has 0 radical (unpaired) electrons. The summed E-state index contributed by atoms with van der Waals surface area (Å²) in [6.07, 6.45) is 5.19. The van der Waals surface area contributed by atoms with E-state index in [-0.39, 0.29) is 70.8 Å². The Bertz CT molecular complexity index is 3410. The van der Waals surface area contributed by atoms with Gasteiger partial charge in [0.2, 0.25) is 11.9 Å². The van der Waals surface area contributed by atoms with Crippen LogP contribution < -0.4 is 20.9 Å². The highest BCUT2D eigenvalue weighted by Gasteiger charge is 2.51. The summed E-state index contributed by atoms with van der Waals surface area (Å²) >= 11 is 10.7. The predicted octanol–water partition coefficient (Wildman–Crippen LogP) is 9.29. The number of nitrogens with two attached hydrogens (primary N) is 2. The second kappa shape index (κ2) is 33.0. The van der Waals surface area contributed by atoms with Crippen LogP contribution in [0.15, 0.2) is 12.7 Å². The molecule has 5 unspecified atom stereocenters. The van der Waals surface area contributed by atoms with E-state index in [9.17, 15) is 29.3 Å². The highest BCUT2D eigenvalue weighted by Crippen LogP contribution is 2.54. The molecule has 0 aliphatic carbocycles. The molecule has 0 amide bonds. The van der Waals surface area contributed by atoms with Gasteiger partial charge in [0.25, 0.3) is 0 Å². The number of aromatic amines is 2. The molecule has 1 aromatic carbocycles. The molecule has 0 spiro atoms. The van der Waals surface area contributed by atoms with E-state index < -0.39 is 84.5 Å². The molecular formula is C59H94N10O18P2S2. The Morgan fingerprint density at radius 1 is 0.780 bits per heavy atom. The molecule has 3 aliphatic heterocycles. The minimum absolute atomic E-state index is 0.0308. The standard InChI is InChI=1S/C59H94N10O18P2S2/c1-34(2)13-10-14-35(3)15-11-16-36(4)17-12-19-59(8)20-18-41-39(7)49(37(5)38(6)50(41)85-59)80-26-25-78-22-21-77-23-24-79-29-40(28-70)86-88(73,74)81-31-44-51(48(72)56(84-44)69-33-63-47-53(69)65-58(61)67-55(47)91)87-89(75,76-9)82-30-43-42(71)27-45(83-43)68-32-62-46-52(68)64-57(60)66-54(46)90/h32-36,40,42-45,48,51,56,70-72H,10-31H2,1-9H3,(H,73,74)(H3,60,64,66,90)(H3,61,65,67,91)/t35-,36-,40-,42?,43-,44-,45-,48?,51?,56-,59-,89?/m1/s1. The lowest BCUT2D eigenvalue weighted by Crippen LogP contribution is -2.37. The monoisotopic (exact) mass is 1360 g/mol. The van der Waals surface area contributed by atoms with Gasteiger partial charge in [0.05, 0.1) is 78.2 Å². The minimum Gasteiger partial charge on any atom is -0.491 e. The Morgan fingerprint density at radius 2 is 1.36 bits per heavy atom. The predicted molar refractivity (Wildman–Crippen MR) is 343 cm³/mol. The molecule has 510 valence electrons. The molecule has 13 atom stereocenters. The molecule has 2 saturated heterocycles. The van der Waals surface area contributed by atoms with Gasteiger partial charge in [0.1, 0.15) is 80.8 Å². The van der Waals surface area contributed by atoms with Crippen molar-refractivity contribution >= 4 is 74.3 Å². The van der Waals surface area contributed by atoms with E-state index in [2.05, 4.69) is 85.3 Å². The van der Waals surface area contributed by atoms with E-state index in [1.54, 1.807) is 0 Å². The zero-order valence-electron chi connectivity index (χ0n) is 53.6. The van der Waals surface area contributed by atoms with E-state index >= 15 is 0 Å². The molecule has 32 heteroatoms. The van der Waals surface area contributed by atoms with Crippen LogP contribution in [0.4, 0.5) is 11.9 Å². The van der Waals surface area contributed by atoms with Gasteiger partial charge in [-0.15, -0.1) is 0 Å². The lowest BCUT2D eigenvalue weighted by Gasteiger charge is -2.38. The van der Waals surface area contributed by atoms with Crippen LogP contribution in [0.3, 0.4) is 0 Å². The first-order valence-electron chi connectivity index (χ1n) is 31.4. The summed E-state index contributed by atoms with van der Waals surface area (Å²) < 4.78 is 101. The largest absolute Gasteiger partial charge is 0.491 e. The van der Waals surface area contributed by atoms with E-state index in [4.69, 9.17) is 91.7 Å². The molecule has 5 aromatic rings. The van der Waals surface area contributed by atoms with Crippen LogP contribution in [0.25, 0.3) is 22.3 Å². The number of rotatable bonds is 38. The molecule has 4 aromatic heterocycles. The fourth-order valence-electron chi connectivity index (χ4n) is 11.8. The van der Waals surface area contributed by atoms with Crippen molar-refractivity contribution in [2.45, 2.75) is 187 Å². The number of ether oxygens (including phenoxy) is 7. The zero-order chi connectivity index (χ0) is 65.8. The van der Waals surface area contributed by atoms with Gasteiger partial charge in [-0.3, -0.25) is 31.8 Å². The highest BCUT2D eigenvalue weighted by atomic mass is 32.1.